The highest BCUT2D eigenvalue weighted by atomic mass is 16.3. The lowest BCUT2D eigenvalue weighted by Gasteiger charge is -2.19. The minimum absolute atomic E-state index is 0.0593. The van der Waals surface area contributed by atoms with Gasteiger partial charge in [0, 0.05) is 5.56 Å². The first-order chi connectivity index (χ1) is 9.77. The van der Waals surface area contributed by atoms with Gasteiger partial charge in [0.25, 0.3) is 5.91 Å². The summed E-state index contributed by atoms with van der Waals surface area (Å²) in [6.45, 7) is 8.31. The average molecular weight is 283 g/mol. The van der Waals surface area contributed by atoms with E-state index < -0.39 is 0 Å². The first-order valence-electron chi connectivity index (χ1n) is 6.99. The molecule has 0 bridgehead atoms. The van der Waals surface area contributed by atoms with Crippen LogP contribution in [0.4, 0.5) is 5.69 Å². The zero-order chi connectivity index (χ0) is 15.6. The molecule has 21 heavy (non-hydrogen) atoms. The van der Waals surface area contributed by atoms with E-state index in [4.69, 9.17) is 0 Å². The number of amides is 1. The monoisotopic (exact) mass is 283 g/mol. The van der Waals surface area contributed by atoms with Crippen molar-refractivity contribution in [2.24, 2.45) is 0 Å². The third-order valence-corrected chi connectivity index (χ3v) is 3.41. The number of nitrogens with one attached hydrogen (secondary N) is 1. The number of carbonyl (C=O) groups is 1. The Hall–Kier alpha value is -2.29. The number of carbonyl (C=O) groups excluding carboxylic acids is 1. The number of aromatic hydroxyl groups is 1. The van der Waals surface area contributed by atoms with Crippen molar-refractivity contribution in [3.63, 3.8) is 0 Å². The van der Waals surface area contributed by atoms with Crippen LogP contribution in [0.1, 0.15) is 42.3 Å². The molecule has 0 saturated carbocycles. The van der Waals surface area contributed by atoms with Gasteiger partial charge in [-0.25, -0.2) is 0 Å². The summed E-state index contributed by atoms with van der Waals surface area (Å²) in [5.41, 5.74) is 3.22. The lowest BCUT2D eigenvalue weighted by Crippen LogP contribution is -2.14. The van der Waals surface area contributed by atoms with Gasteiger partial charge < -0.3 is 10.4 Å². The second kappa shape index (κ2) is 5.60. The van der Waals surface area contributed by atoms with Gasteiger partial charge in [-0.3, -0.25) is 4.79 Å². The fraction of sp³-hybridized carbons (Fsp3) is 0.278. The minimum Gasteiger partial charge on any atom is -0.506 e. The van der Waals surface area contributed by atoms with Crippen molar-refractivity contribution in [2.75, 3.05) is 5.32 Å². The molecule has 0 radical (unpaired) electrons. The summed E-state index contributed by atoms with van der Waals surface area (Å²) in [6, 6.07) is 12.7. The zero-order valence-corrected chi connectivity index (χ0v) is 12.9. The molecule has 0 aliphatic carbocycles. The molecule has 0 fully saturated rings. The third-order valence-electron chi connectivity index (χ3n) is 3.41. The number of hydrogen-bond acceptors (Lipinski definition) is 2. The lowest BCUT2D eigenvalue weighted by atomic mass is 9.87. The van der Waals surface area contributed by atoms with Gasteiger partial charge >= 0.3 is 0 Å². The van der Waals surface area contributed by atoms with Crippen LogP contribution in [0.15, 0.2) is 42.5 Å². The molecule has 0 atom stereocenters. The van der Waals surface area contributed by atoms with E-state index in [1.54, 1.807) is 18.2 Å². The number of aryl methyl sites for hydroxylation is 1. The van der Waals surface area contributed by atoms with Crippen molar-refractivity contribution < 1.29 is 9.90 Å². The molecule has 2 N–H and O–H groups in total. The Morgan fingerprint density at radius 1 is 1.05 bits per heavy atom. The maximum Gasteiger partial charge on any atom is 0.255 e. The van der Waals surface area contributed by atoms with Gasteiger partial charge in [-0.2, -0.15) is 0 Å². The van der Waals surface area contributed by atoms with E-state index in [1.165, 1.54) is 5.56 Å². The van der Waals surface area contributed by atoms with Crippen LogP contribution in [0.25, 0.3) is 0 Å². The summed E-state index contributed by atoms with van der Waals surface area (Å²) < 4.78 is 0. The van der Waals surface area contributed by atoms with Crippen LogP contribution in [0, 0.1) is 6.92 Å². The van der Waals surface area contributed by atoms with E-state index in [9.17, 15) is 9.90 Å². The number of anilines is 1. The molecule has 1 amide bonds. The maximum atomic E-state index is 12.2. The van der Waals surface area contributed by atoms with Crippen molar-refractivity contribution in [1.29, 1.82) is 0 Å². The van der Waals surface area contributed by atoms with Crippen LogP contribution in [-0.4, -0.2) is 11.0 Å². The summed E-state index contributed by atoms with van der Waals surface area (Å²) in [5, 5.41) is 12.5. The van der Waals surface area contributed by atoms with Gasteiger partial charge in [-0.15, -0.1) is 0 Å². The van der Waals surface area contributed by atoms with E-state index >= 15 is 0 Å². The van der Waals surface area contributed by atoms with Gasteiger partial charge in [0.05, 0.1) is 5.69 Å². The van der Waals surface area contributed by atoms with Crippen LogP contribution in [0.2, 0.25) is 0 Å². The Bertz CT molecular complexity index is 652. The van der Waals surface area contributed by atoms with Crippen LogP contribution in [-0.2, 0) is 5.41 Å². The predicted molar refractivity (Wildman–Crippen MR) is 85.9 cm³/mol. The summed E-state index contributed by atoms with van der Waals surface area (Å²) in [7, 11) is 0. The number of phenolic OH excluding ortho intramolecular Hbond substituents is 1. The van der Waals surface area contributed by atoms with Crippen molar-refractivity contribution in [3.05, 3.63) is 59.2 Å². The summed E-state index contributed by atoms with van der Waals surface area (Å²) in [4.78, 5) is 12.2. The smallest absolute Gasteiger partial charge is 0.255 e. The highest BCUT2D eigenvalue weighted by molar-refractivity contribution is 6.05. The summed E-state index contributed by atoms with van der Waals surface area (Å²) in [5.74, 6) is -0.156. The van der Waals surface area contributed by atoms with Crippen LogP contribution in [0.3, 0.4) is 0 Å². The molecule has 0 unspecified atom stereocenters. The maximum absolute atomic E-state index is 12.2. The molecular formula is C18H21NO2. The molecule has 2 rings (SSSR count). The van der Waals surface area contributed by atoms with Gasteiger partial charge in [-0.05, 0) is 47.7 Å². The fourth-order valence-corrected chi connectivity index (χ4v) is 2.07. The molecule has 2 aromatic rings. The Kier molecular flexibility index (Phi) is 4.03. The van der Waals surface area contributed by atoms with Gasteiger partial charge in [-0.1, -0.05) is 39.0 Å². The molecule has 0 spiro atoms. The van der Waals surface area contributed by atoms with Crippen molar-refractivity contribution in [2.45, 2.75) is 33.1 Å². The summed E-state index contributed by atoms with van der Waals surface area (Å²) in [6.07, 6.45) is 0. The molecule has 2 aromatic carbocycles. The topological polar surface area (TPSA) is 49.3 Å². The molecule has 0 heterocycles. The SMILES string of the molecule is Cc1ccc(O)c(NC(=O)c2ccc(C(C)(C)C)cc2)c1. The summed E-state index contributed by atoms with van der Waals surface area (Å²) >= 11 is 0. The van der Waals surface area contributed by atoms with Crippen molar-refractivity contribution in [3.8, 4) is 5.75 Å². The molecule has 0 aliphatic rings. The van der Waals surface area contributed by atoms with Crippen molar-refractivity contribution in [1.82, 2.24) is 0 Å². The molecule has 0 saturated heterocycles. The molecule has 3 nitrogen and oxygen atoms in total. The van der Waals surface area contributed by atoms with Gasteiger partial charge in [0.1, 0.15) is 5.75 Å². The van der Waals surface area contributed by atoms with Crippen LogP contribution < -0.4 is 5.32 Å². The van der Waals surface area contributed by atoms with E-state index in [0.29, 0.717) is 11.3 Å². The largest absolute Gasteiger partial charge is 0.506 e. The molecule has 0 aliphatic heterocycles. The van der Waals surface area contributed by atoms with E-state index in [1.807, 2.05) is 31.2 Å². The van der Waals surface area contributed by atoms with Gasteiger partial charge in [0.2, 0.25) is 0 Å². The fourth-order valence-electron chi connectivity index (χ4n) is 2.07. The first kappa shape index (κ1) is 15.1. The quantitative estimate of drug-likeness (QED) is 0.809. The Labute approximate surface area is 125 Å². The lowest BCUT2D eigenvalue weighted by molar-refractivity contribution is 0.102. The number of phenols is 1. The van der Waals surface area contributed by atoms with Crippen LogP contribution >= 0.6 is 0 Å². The zero-order valence-electron chi connectivity index (χ0n) is 12.9. The highest BCUT2D eigenvalue weighted by Gasteiger charge is 2.14. The third kappa shape index (κ3) is 3.63. The first-order valence-corrected chi connectivity index (χ1v) is 6.99. The minimum atomic E-state index is -0.226. The van der Waals surface area contributed by atoms with E-state index in [2.05, 4.69) is 26.1 Å². The highest BCUT2D eigenvalue weighted by Crippen LogP contribution is 2.25. The molecule has 3 heteroatoms. The van der Waals surface area contributed by atoms with Crippen molar-refractivity contribution >= 4 is 11.6 Å². The molecule has 110 valence electrons. The Morgan fingerprint density at radius 2 is 1.67 bits per heavy atom. The van der Waals surface area contributed by atoms with E-state index in [-0.39, 0.29) is 17.1 Å². The number of hydrogen-bond donors (Lipinski definition) is 2. The van der Waals surface area contributed by atoms with Gasteiger partial charge in [0.15, 0.2) is 0 Å². The number of benzene rings is 2. The second-order valence-corrected chi connectivity index (χ2v) is 6.30. The number of rotatable bonds is 2. The van der Waals surface area contributed by atoms with Crippen LogP contribution in [0.5, 0.6) is 5.75 Å². The van der Waals surface area contributed by atoms with E-state index in [0.717, 1.165) is 5.56 Å². The average Bonchev–Trinajstić information content (AvgIpc) is 2.42. The second-order valence-electron chi connectivity index (χ2n) is 6.30. The predicted octanol–water partition coefficient (Wildman–Crippen LogP) is 4.25. The Balaban J connectivity index is 2.19. The Morgan fingerprint density at radius 3 is 2.24 bits per heavy atom. The normalized spacial score (nSPS) is 11.2. The standard InChI is InChI=1S/C18H21NO2/c1-12-5-10-16(20)15(11-12)19-17(21)13-6-8-14(9-7-13)18(2,3)4/h5-11,20H,1-4H3,(H,19,21). The molecular weight excluding hydrogens is 262 g/mol. The molecule has 0 aromatic heterocycles.